The summed E-state index contributed by atoms with van der Waals surface area (Å²) in [6.45, 7) is 8.45. The van der Waals surface area contributed by atoms with E-state index in [0.29, 0.717) is 0 Å². The number of nitrogens with two attached hydrogens (primary N) is 1. The van der Waals surface area contributed by atoms with Crippen LogP contribution in [0.4, 0.5) is 5.69 Å². The van der Waals surface area contributed by atoms with Gasteiger partial charge in [0.1, 0.15) is 11.5 Å². The molecule has 5 heteroatoms. The molecule has 0 saturated heterocycles. The second-order valence-electron chi connectivity index (χ2n) is 13.5. The van der Waals surface area contributed by atoms with E-state index in [4.69, 9.17) is 15.2 Å². The average molecular weight is 741 g/mol. The minimum atomic E-state index is -0.213. The summed E-state index contributed by atoms with van der Waals surface area (Å²) in [5.74, 6) is 1.91. The molecule has 0 unspecified atom stereocenters. The van der Waals surface area contributed by atoms with E-state index in [9.17, 15) is 0 Å². The van der Waals surface area contributed by atoms with Gasteiger partial charge in [-0.05, 0) is 87.7 Å². The summed E-state index contributed by atoms with van der Waals surface area (Å²) < 4.78 is 13.9. The monoisotopic (exact) mass is 740 g/mol. The summed E-state index contributed by atoms with van der Waals surface area (Å²) in [6.07, 6.45) is 14.4. The van der Waals surface area contributed by atoms with E-state index in [1.807, 2.05) is 42.5 Å². The fraction of sp³-hybridized carbons (Fsp3) is 0.429. The maximum atomic E-state index is 6.37. The van der Waals surface area contributed by atoms with E-state index >= 15 is 0 Å². The maximum absolute atomic E-state index is 6.37. The van der Waals surface area contributed by atoms with Crippen LogP contribution < -0.4 is 24.5 Å². The van der Waals surface area contributed by atoms with Crippen LogP contribution in [-0.4, -0.2) is 23.5 Å². The molecule has 2 aliphatic rings. The van der Waals surface area contributed by atoms with Gasteiger partial charge in [-0.25, -0.2) is 0 Å². The third-order valence-corrected chi connectivity index (χ3v) is 13.4. The van der Waals surface area contributed by atoms with Gasteiger partial charge in [-0.15, -0.1) is 0 Å². The van der Waals surface area contributed by atoms with Crippen molar-refractivity contribution >= 4 is 22.9 Å². The van der Waals surface area contributed by atoms with Crippen molar-refractivity contribution in [3.63, 3.8) is 0 Å². The van der Waals surface area contributed by atoms with Crippen LogP contribution in [0.3, 0.4) is 0 Å². The normalized spacial score (nSPS) is 15.9. The Morgan fingerprint density at radius 1 is 0.574 bits per heavy atom. The van der Waals surface area contributed by atoms with Crippen LogP contribution in [0.15, 0.2) is 91.0 Å². The summed E-state index contributed by atoms with van der Waals surface area (Å²) in [4.78, 5) is 0. The minimum absolute atomic E-state index is 0.128. The van der Waals surface area contributed by atoms with Gasteiger partial charge in [-0.1, -0.05) is 76.8 Å². The van der Waals surface area contributed by atoms with Gasteiger partial charge in [0.25, 0.3) is 0 Å². The fourth-order valence-electron chi connectivity index (χ4n) is 7.20. The van der Waals surface area contributed by atoms with Gasteiger partial charge in [-0.3, -0.25) is 0 Å². The Kier molecular flexibility index (Phi) is 13.4. The molecule has 0 radical (unpaired) electrons. The summed E-state index contributed by atoms with van der Waals surface area (Å²) in [5, 5.41) is 1.60. The molecule has 4 aromatic carbocycles. The van der Waals surface area contributed by atoms with E-state index in [-0.39, 0.29) is 20.1 Å². The van der Waals surface area contributed by atoms with Crippen LogP contribution in [-0.2, 0) is 19.2 Å². The Morgan fingerprint density at radius 3 is 1.55 bits per heavy atom. The molecule has 3 nitrogen and oxygen atoms in total. The Balaban J connectivity index is 0.000000257. The van der Waals surface area contributed by atoms with Crippen LogP contribution in [0.25, 0.3) is 22.3 Å². The van der Waals surface area contributed by atoms with Gasteiger partial charge in [-0.2, -0.15) is 0 Å². The van der Waals surface area contributed by atoms with E-state index in [1.54, 1.807) is 5.30 Å². The van der Waals surface area contributed by atoms with Crippen molar-refractivity contribution in [1.82, 2.24) is 0 Å². The number of benzene rings is 4. The van der Waals surface area contributed by atoms with Gasteiger partial charge >= 0.3 is 94.3 Å². The zero-order valence-electron chi connectivity index (χ0n) is 28.7. The number of rotatable bonds is 9. The molecule has 0 aliphatic heterocycles. The number of anilines is 1. The molecular weight excluding hydrogens is 688 g/mol. The SMILES string of the molecule is CC(C)Oc1cccc(OC(C)C)c1-c1ccccc1P(C1CCCCC1)C1CCCCC1.Nc1ccccc1-c1cccc[c]1[Pd]. The van der Waals surface area contributed by atoms with Crippen LogP contribution in [0.5, 0.6) is 11.5 Å². The van der Waals surface area contributed by atoms with Crippen molar-refractivity contribution in [3.8, 4) is 33.8 Å². The third-order valence-electron chi connectivity index (χ3n) is 9.20. The van der Waals surface area contributed by atoms with Crippen LogP contribution in [0, 0.1) is 0 Å². The number of nitrogen functional groups attached to an aromatic ring is 1. The number of para-hydroxylation sites is 1. The number of hydrogen-bond acceptors (Lipinski definition) is 3. The first-order valence-corrected chi connectivity index (χ1v) is 20.0. The van der Waals surface area contributed by atoms with Crippen LogP contribution in [0.1, 0.15) is 91.9 Å². The summed E-state index contributed by atoms with van der Waals surface area (Å²) in [5.41, 5.74) is 13.2. The average Bonchev–Trinajstić information content (AvgIpc) is 3.07. The molecule has 2 N–H and O–H groups in total. The van der Waals surface area contributed by atoms with Gasteiger partial charge in [0.2, 0.25) is 0 Å². The van der Waals surface area contributed by atoms with Crippen molar-refractivity contribution in [3.05, 3.63) is 91.0 Å². The number of hydrogen-bond donors (Lipinski definition) is 1. The Hall–Kier alpha value is -2.63. The standard InChI is InChI=1S/C30H43O2P.C12H10N.Pd/c1-22(2)31-27-19-13-20-28(32-23(3)4)30(27)26-18-11-12-21-29(26)33(24-14-7-5-8-15-24)25-16-9-6-10-17-25;13-12-9-5-4-8-11(12)10-6-2-1-3-7-10;/h11-13,18-25H,5-10,14-17H2,1-4H3;1-6,8-9H,13H2;. The van der Waals surface area contributed by atoms with Gasteiger partial charge in [0, 0.05) is 0 Å². The molecule has 2 aliphatic carbocycles. The Bertz CT molecular complexity index is 1470. The van der Waals surface area contributed by atoms with E-state index in [0.717, 1.165) is 49.2 Å². The predicted octanol–water partition coefficient (Wildman–Crippen LogP) is 10.8. The molecular formula is C42H53NO2PPd. The molecule has 0 atom stereocenters. The van der Waals surface area contributed by atoms with Crippen molar-refractivity contribution < 1.29 is 28.7 Å². The molecule has 0 aromatic heterocycles. The molecule has 0 bridgehead atoms. The summed E-state index contributed by atoms with van der Waals surface area (Å²) in [6, 6.07) is 31.6. The first kappa shape index (κ1) is 35.7. The second kappa shape index (κ2) is 17.7. The van der Waals surface area contributed by atoms with Gasteiger partial charge in [0.05, 0.1) is 17.8 Å². The predicted molar refractivity (Wildman–Crippen MR) is 200 cm³/mol. The van der Waals surface area contributed by atoms with Gasteiger partial charge < -0.3 is 9.47 Å². The van der Waals surface area contributed by atoms with E-state index in [2.05, 4.69) is 95.4 Å². The first-order valence-electron chi connectivity index (χ1n) is 17.7. The van der Waals surface area contributed by atoms with E-state index < -0.39 is 0 Å². The molecule has 0 amide bonds. The Morgan fingerprint density at radius 2 is 1.04 bits per heavy atom. The first-order chi connectivity index (χ1) is 22.8. The molecule has 0 spiro atoms. The van der Waals surface area contributed by atoms with Crippen molar-refractivity contribution in [2.75, 3.05) is 5.73 Å². The molecule has 47 heavy (non-hydrogen) atoms. The van der Waals surface area contributed by atoms with E-state index in [1.165, 1.54) is 69.8 Å². The molecule has 2 saturated carbocycles. The van der Waals surface area contributed by atoms with Crippen molar-refractivity contribution in [1.29, 1.82) is 0 Å². The molecule has 0 heterocycles. The molecule has 4 aromatic rings. The van der Waals surface area contributed by atoms with Crippen molar-refractivity contribution in [2.24, 2.45) is 0 Å². The zero-order valence-corrected chi connectivity index (χ0v) is 31.1. The molecule has 6 rings (SSSR count). The van der Waals surface area contributed by atoms with Crippen LogP contribution in [0.2, 0.25) is 0 Å². The molecule has 253 valence electrons. The number of ether oxygens (including phenoxy) is 2. The molecule has 2 fully saturated rings. The van der Waals surface area contributed by atoms with Crippen LogP contribution >= 0.6 is 7.92 Å². The van der Waals surface area contributed by atoms with Crippen molar-refractivity contribution in [2.45, 2.75) is 115 Å². The second-order valence-corrected chi connectivity index (χ2v) is 17.1. The zero-order chi connectivity index (χ0) is 33.2. The topological polar surface area (TPSA) is 44.5 Å². The fourth-order valence-corrected chi connectivity index (χ4v) is 11.6. The quantitative estimate of drug-likeness (QED) is 0.106. The summed E-state index contributed by atoms with van der Waals surface area (Å²) in [7, 11) is -0.213. The summed E-state index contributed by atoms with van der Waals surface area (Å²) >= 11 is 3.23. The van der Waals surface area contributed by atoms with Gasteiger partial charge in [0.15, 0.2) is 0 Å². The third kappa shape index (κ3) is 9.51. The Labute approximate surface area is 296 Å².